The Hall–Kier alpha value is -0.530. The first kappa shape index (κ1) is 15.9. The largest absolute Gasteiger partial charge is 0.379 e. The third kappa shape index (κ3) is 3.38. The molecule has 0 bridgehead atoms. The quantitative estimate of drug-likeness (QED) is 0.613. The van der Waals surface area contributed by atoms with Crippen molar-refractivity contribution in [2.45, 2.75) is 45.2 Å². The maximum absolute atomic E-state index is 5.86. The molecule has 1 aliphatic heterocycles. The Morgan fingerprint density at radius 1 is 1.55 bits per heavy atom. The van der Waals surface area contributed by atoms with E-state index in [-0.39, 0.29) is 11.6 Å². The summed E-state index contributed by atoms with van der Waals surface area (Å²) in [4.78, 5) is 7.07. The van der Waals surface area contributed by atoms with Crippen molar-refractivity contribution in [3.05, 3.63) is 16.1 Å². The Balaban J connectivity index is 2.12. The number of nitrogens with zero attached hydrogens (tertiary/aromatic N) is 2. The van der Waals surface area contributed by atoms with Crippen LogP contribution in [-0.2, 0) is 11.2 Å². The normalized spacial score (nSPS) is 21.6. The van der Waals surface area contributed by atoms with Crippen molar-refractivity contribution in [3.8, 4) is 0 Å². The van der Waals surface area contributed by atoms with Crippen molar-refractivity contribution < 1.29 is 4.74 Å². The van der Waals surface area contributed by atoms with Crippen molar-refractivity contribution in [1.29, 1.82) is 0 Å². The molecule has 0 aliphatic carbocycles. The molecule has 1 fully saturated rings. The van der Waals surface area contributed by atoms with Crippen LogP contribution in [0.3, 0.4) is 0 Å². The standard InChI is InChI=1S/C14H26N4OS/c1-4-14(3,18-5-7-19-8-6-18)12(17-15)9-13-16-11(2)10-20-13/h10,12,17H,4-9,15H2,1-3H3. The zero-order chi connectivity index (χ0) is 14.6. The number of hydrazine groups is 1. The van der Waals surface area contributed by atoms with E-state index in [2.05, 4.69) is 34.5 Å². The molecule has 114 valence electrons. The van der Waals surface area contributed by atoms with Gasteiger partial charge in [-0.25, -0.2) is 4.98 Å². The molecule has 0 spiro atoms. The van der Waals surface area contributed by atoms with Gasteiger partial charge in [-0.2, -0.15) is 0 Å². The fourth-order valence-corrected chi connectivity index (χ4v) is 3.71. The summed E-state index contributed by atoms with van der Waals surface area (Å²) >= 11 is 1.72. The first-order valence-electron chi connectivity index (χ1n) is 7.30. The van der Waals surface area contributed by atoms with Crippen molar-refractivity contribution in [2.75, 3.05) is 26.3 Å². The van der Waals surface area contributed by atoms with Gasteiger partial charge in [0.1, 0.15) is 0 Å². The molecule has 5 nitrogen and oxygen atoms in total. The van der Waals surface area contributed by atoms with Crippen molar-refractivity contribution in [2.24, 2.45) is 5.84 Å². The number of hydrogen-bond acceptors (Lipinski definition) is 6. The highest BCUT2D eigenvalue weighted by Crippen LogP contribution is 2.27. The number of hydrogen-bond donors (Lipinski definition) is 2. The van der Waals surface area contributed by atoms with E-state index in [1.165, 1.54) is 0 Å². The molecule has 2 atom stereocenters. The van der Waals surface area contributed by atoms with Gasteiger partial charge < -0.3 is 4.74 Å². The number of ether oxygens (including phenoxy) is 1. The van der Waals surface area contributed by atoms with Crippen LogP contribution >= 0.6 is 11.3 Å². The van der Waals surface area contributed by atoms with Gasteiger partial charge >= 0.3 is 0 Å². The lowest BCUT2D eigenvalue weighted by atomic mass is 9.85. The van der Waals surface area contributed by atoms with E-state index >= 15 is 0 Å². The topological polar surface area (TPSA) is 63.4 Å². The molecular formula is C14H26N4OS. The third-order valence-electron chi connectivity index (χ3n) is 4.45. The Morgan fingerprint density at radius 2 is 2.25 bits per heavy atom. The van der Waals surface area contributed by atoms with Gasteiger partial charge in [0.15, 0.2) is 0 Å². The van der Waals surface area contributed by atoms with Gasteiger partial charge in [-0.15, -0.1) is 11.3 Å². The van der Waals surface area contributed by atoms with Crippen LogP contribution in [0.2, 0.25) is 0 Å². The molecule has 2 unspecified atom stereocenters. The lowest BCUT2D eigenvalue weighted by Gasteiger charge is -2.47. The molecule has 1 saturated heterocycles. The summed E-state index contributed by atoms with van der Waals surface area (Å²) in [7, 11) is 0. The average molecular weight is 298 g/mol. The smallest absolute Gasteiger partial charge is 0.0944 e. The number of aryl methyl sites for hydroxylation is 1. The number of nitrogens with two attached hydrogens (primary N) is 1. The van der Waals surface area contributed by atoms with E-state index in [1.54, 1.807) is 11.3 Å². The molecule has 0 radical (unpaired) electrons. The Kier molecular flexibility index (Phi) is 5.51. The molecule has 1 aliphatic rings. The Morgan fingerprint density at radius 3 is 2.75 bits per heavy atom. The fraction of sp³-hybridized carbons (Fsp3) is 0.786. The summed E-state index contributed by atoms with van der Waals surface area (Å²) in [5.74, 6) is 5.86. The maximum Gasteiger partial charge on any atom is 0.0944 e. The van der Waals surface area contributed by atoms with E-state index in [0.29, 0.717) is 0 Å². The summed E-state index contributed by atoms with van der Waals surface area (Å²) in [6.45, 7) is 10.1. The SMILES string of the molecule is CCC(C)(C(Cc1nc(C)cs1)NN)N1CCOCC1. The van der Waals surface area contributed by atoms with Crippen molar-refractivity contribution in [3.63, 3.8) is 0 Å². The minimum Gasteiger partial charge on any atom is -0.379 e. The van der Waals surface area contributed by atoms with Crippen LogP contribution < -0.4 is 11.3 Å². The summed E-state index contributed by atoms with van der Waals surface area (Å²) < 4.78 is 5.47. The molecule has 2 heterocycles. The van der Waals surface area contributed by atoms with Crippen LogP contribution in [0.15, 0.2) is 5.38 Å². The molecule has 0 aromatic carbocycles. The second kappa shape index (κ2) is 6.95. The van der Waals surface area contributed by atoms with Crippen LogP contribution in [-0.4, -0.2) is 47.8 Å². The van der Waals surface area contributed by atoms with E-state index in [9.17, 15) is 0 Å². The Labute approximate surface area is 125 Å². The van der Waals surface area contributed by atoms with Crippen LogP contribution in [0.25, 0.3) is 0 Å². The highest BCUT2D eigenvalue weighted by molar-refractivity contribution is 7.09. The van der Waals surface area contributed by atoms with Gasteiger partial charge in [-0.1, -0.05) is 6.92 Å². The van der Waals surface area contributed by atoms with Gasteiger partial charge in [-0.05, 0) is 20.3 Å². The number of rotatable bonds is 6. The zero-order valence-corrected chi connectivity index (χ0v) is 13.5. The van der Waals surface area contributed by atoms with Crippen LogP contribution in [0.4, 0.5) is 0 Å². The molecule has 0 amide bonds. The van der Waals surface area contributed by atoms with Crippen molar-refractivity contribution in [1.82, 2.24) is 15.3 Å². The molecular weight excluding hydrogens is 272 g/mol. The van der Waals surface area contributed by atoms with Crippen LogP contribution in [0.5, 0.6) is 0 Å². The summed E-state index contributed by atoms with van der Waals surface area (Å²) in [5.41, 5.74) is 4.15. The zero-order valence-electron chi connectivity index (χ0n) is 12.7. The van der Waals surface area contributed by atoms with Gasteiger partial charge in [0.25, 0.3) is 0 Å². The number of morpholine rings is 1. The molecule has 6 heteroatoms. The monoisotopic (exact) mass is 298 g/mol. The molecule has 2 rings (SSSR count). The van der Waals surface area contributed by atoms with E-state index in [4.69, 9.17) is 10.6 Å². The Bertz CT molecular complexity index is 419. The van der Waals surface area contributed by atoms with Crippen molar-refractivity contribution >= 4 is 11.3 Å². The highest BCUT2D eigenvalue weighted by atomic mass is 32.1. The van der Waals surface area contributed by atoms with Crippen LogP contribution in [0, 0.1) is 6.92 Å². The lowest BCUT2D eigenvalue weighted by Crippen LogP contribution is -2.63. The fourth-order valence-electron chi connectivity index (χ4n) is 2.89. The maximum atomic E-state index is 5.86. The molecule has 20 heavy (non-hydrogen) atoms. The first-order valence-corrected chi connectivity index (χ1v) is 8.18. The first-order chi connectivity index (χ1) is 9.60. The average Bonchev–Trinajstić information content (AvgIpc) is 2.90. The number of thiazole rings is 1. The third-order valence-corrected chi connectivity index (χ3v) is 5.44. The predicted molar refractivity (Wildman–Crippen MR) is 82.8 cm³/mol. The molecule has 3 N–H and O–H groups in total. The summed E-state index contributed by atoms with van der Waals surface area (Å²) in [6.07, 6.45) is 1.92. The number of aromatic nitrogens is 1. The van der Waals surface area contributed by atoms with Crippen LogP contribution in [0.1, 0.15) is 31.0 Å². The lowest BCUT2D eigenvalue weighted by molar-refractivity contribution is -0.0322. The van der Waals surface area contributed by atoms with E-state index in [1.807, 2.05) is 6.92 Å². The number of nitrogens with one attached hydrogen (secondary N) is 1. The van der Waals surface area contributed by atoms with Gasteiger partial charge in [0, 0.05) is 42.2 Å². The molecule has 1 aromatic heterocycles. The minimum atomic E-state index is 0.0259. The summed E-state index contributed by atoms with van der Waals surface area (Å²) in [6, 6.07) is 0.191. The second-order valence-corrected chi connectivity index (χ2v) is 6.56. The van der Waals surface area contributed by atoms with Gasteiger partial charge in [0.05, 0.1) is 18.2 Å². The minimum absolute atomic E-state index is 0.0259. The van der Waals surface area contributed by atoms with Gasteiger partial charge in [0.2, 0.25) is 0 Å². The van der Waals surface area contributed by atoms with E-state index < -0.39 is 0 Å². The molecule has 1 aromatic rings. The highest BCUT2D eigenvalue weighted by Gasteiger charge is 2.38. The predicted octanol–water partition coefficient (Wildman–Crippen LogP) is 1.33. The van der Waals surface area contributed by atoms with E-state index in [0.717, 1.165) is 49.8 Å². The molecule has 0 saturated carbocycles. The van der Waals surface area contributed by atoms with Gasteiger partial charge in [-0.3, -0.25) is 16.2 Å². The second-order valence-electron chi connectivity index (χ2n) is 5.62. The summed E-state index contributed by atoms with van der Waals surface area (Å²) in [5, 5.41) is 3.25.